The topological polar surface area (TPSA) is 102 Å². The molecular formula is C19H42N2O6PSi2+. The van der Waals surface area contributed by atoms with E-state index in [9.17, 15) is 15.1 Å². The standard InChI is InChI=1S/C19H41N2O6PSi2/c1-18(2,3)29(9,10)26-14-15(27-30(11,12)19(4,5)6)13-16(22)17(21-20)28(23,24-7)25-8/h15H,13-14H2,1-12H3/p+1/t15-/m0/s1. The van der Waals surface area contributed by atoms with Crippen LogP contribution in [0.25, 0.3) is 4.98 Å². The molecule has 0 aliphatic carbocycles. The van der Waals surface area contributed by atoms with E-state index < -0.39 is 41.5 Å². The molecular weight excluding hydrogens is 439 g/mol. The molecule has 0 aromatic carbocycles. The summed E-state index contributed by atoms with van der Waals surface area (Å²) in [6.45, 7) is 21.6. The number of rotatable bonds is 10. The number of hydrogen-bond acceptors (Lipinski definition) is 7. The highest BCUT2D eigenvalue weighted by Gasteiger charge is 2.46. The van der Waals surface area contributed by atoms with Crippen LogP contribution in [0.2, 0.25) is 36.3 Å². The van der Waals surface area contributed by atoms with E-state index in [1.54, 1.807) is 0 Å². The summed E-state index contributed by atoms with van der Waals surface area (Å²) in [4.78, 5) is 2.99. The molecule has 0 heterocycles. The largest absolute Gasteiger partial charge is 0.507 e. The predicted octanol–water partition coefficient (Wildman–Crippen LogP) is 6.85. The van der Waals surface area contributed by atoms with Crippen molar-refractivity contribution in [2.75, 3.05) is 20.8 Å². The van der Waals surface area contributed by atoms with Gasteiger partial charge >= 0.3 is 13.0 Å². The van der Waals surface area contributed by atoms with Crippen LogP contribution >= 0.6 is 7.60 Å². The van der Waals surface area contributed by atoms with Crippen molar-refractivity contribution < 1.29 is 27.6 Å². The molecule has 11 heteroatoms. The van der Waals surface area contributed by atoms with E-state index in [0.29, 0.717) is 0 Å². The molecule has 0 saturated carbocycles. The molecule has 1 N–H and O–H groups in total. The highest BCUT2D eigenvalue weighted by molar-refractivity contribution is 7.58. The zero-order chi connectivity index (χ0) is 24.2. The second kappa shape index (κ2) is 10.4. The van der Waals surface area contributed by atoms with Crippen molar-refractivity contribution in [3.8, 4) is 0 Å². The number of nitrogens with zero attached hydrogens (tertiary/aromatic N) is 2. The molecule has 0 radical (unpaired) electrons. The van der Waals surface area contributed by atoms with Gasteiger partial charge < -0.3 is 23.0 Å². The van der Waals surface area contributed by atoms with Gasteiger partial charge in [-0.15, -0.1) is 0 Å². The molecule has 0 aliphatic rings. The fraction of sp³-hybridized carbons (Fsp3) is 0.895. The first-order valence-corrected chi connectivity index (χ1v) is 17.4. The van der Waals surface area contributed by atoms with E-state index >= 15 is 0 Å². The lowest BCUT2D eigenvalue weighted by molar-refractivity contribution is 0.0979. The zero-order valence-corrected chi connectivity index (χ0v) is 23.7. The first-order valence-electron chi connectivity index (χ1n) is 10.1. The highest BCUT2D eigenvalue weighted by Crippen LogP contribution is 2.56. The van der Waals surface area contributed by atoms with Crippen LogP contribution in [0.15, 0.2) is 11.2 Å². The Bertz CT molecular complexity index is 697. The Morgan fingerprint density at radius 2 is 1.43 bits per heavy atom. The maximum Gasteiger partial charge on any atom is 0.507 e. The summed E-state index contributed by atoms with van der Waals surface area (Å²) in [5.74, 6) is -0.410. The van der Waals surface area contributed by atoms with E-state index in [-0.39, 0.29) is 23.1 Å². The van der Waals surface area contributed by atoms with Gasteiger partial charge in [0.15, 0.2) is 21.6 Å². The molecule has 176 valence electrons. The van der Waals surface area contributed by atoms with Gasteiger partial charge in [0.05, 0.1) is 12.7 Å². The van der Waals surface area contributed by atoms with Crippen molar-refractivity contribution in [2.24, 2.45) is 0 Å². The van der Waals surface area contributed by atoms with Gasteiger partial charge in [-0.2, -0.15) is 0 Å². The van der Waals surface area contributed by atoms with Gasteiger partial charge in [0.1, 0.15) is 0 Å². The van der Waals surface area contributed by atoms with Gasteiger partial charge in [0.25, 0.3) is 0 Å². The molecule has 8 nitrogen and oxygen atoms in total. The molecule has 30 heavy (non-hydrogen) atoms. The lowest BCUT2D eigenvalue weighted by atomic mass is 10.2. The van der Waals surface area contributed by atoms with Crippen LogP contribution in [-0.4, -0.2) is 48.7 Å². The van der Waals surface area contributed by atoms with E-state index in [1.807, 2.05) is 0 Å². The van der Waals surface area contributed by atoms with Crippen molar-refractivity contribution in [3.05, 3.63) is 16.2 Å². The Morgan fingerprint density at radius 3 is 1.77 bits per heavy atom. The Balaban J connectivity index is 5.99. The fourth-order valence-corrected chi connectivity index (χ4v) is 5.46. The minimum absolute atomic E-state index is 0.0137. The normalized spacial score (nSPS) is 16.1. The lowest BCUT2D eigenvalue weighted by Crippen LogP contribution is -2.48. The summed E-state index contributed by atoms with van der Waals surface area (Å²) in [5.41, 5.74) is -0.524. The van der Waals surface area contributed by atoms with E-state index in [2.05, 4.69) is 72.7 Å². The molecule has 1 atom stereocenters. The monoisotopic (exact) mass is 481 g/mol. The van der Waals surface area contributed by atoms with Crippen LogP contribution in [0.3, 0.4) is 0 Å². The molecule has 0 aromatic rings. The van der Waals surface area contributed by atoms with Gasteiger partial charge in [0.2, 0.25) is 11.2 Å². The molecule has 0 spiro atoms. The van der Waals surface area contributed by atoms with Crippen LogP contribution in [0, 0.1) is 5.39 Å². The molecule has 0 amide bonds. The fourth-order valence-electron chi connectivity index (χ4n) is 2.07. The summed E-state index contributed by atoms with van der Waals surface area (Å²) < 4.78 is 35.2. The van der Waals surface area contributed by atoms with Gasteiger partial charge in [-0.3, -0.25) is 0 Å². The Kier molecular flexibility index (Phi) is 10.2. The van der Waals surface area contributed by atoms with Crippen LogP contribution in [-0.2, 0) is 22.5 Å². The minimum atomic E-state index is -3.93. The van der Waals surface area contributed by atoms with Crippen molar-refractivity contribution in [1.82, 2.24) is 0 Å². The Morgan fingerprint density at radius 1 is 1.00 bits per heavy atom. The van der Waals surface area contributed by atoms with Crippen LogP contribution in [0.4, 0.5) is 0 Å². The van der Waals surface area contributed by atoms with Crippen molar-refractivity contribution in [2.45, 2.75) is 90.3 Å². The third kappa shape index (κ3) is 7.55. The Labute approximate surface area is 184 Å². The summed E-state index contributed by atoms with van der Waals surface area (Å²) in [6.07, 6.45) is -0.559. The Hall–Kier alpha value is -0.536. The van der Waals surface area contributed by atoms with E-state index in [0.717, 1.165) is 14.2 Å². The zero-order valence-electron chi connectivity index (χ0n) is 20.8. The maximum absolute atomic E-state index is 12.6. The summed E-state index contributed by atoms with van der Waals surface area (Å²) in [7, 11) is -5.88. The van der Waals surface area contributed by atoms with Crippen molar-refractivity contribution in [3.63, 3.8) is 0 Å². The number of hydrogen-bond donors (Lipinski definition) is 1. The highest BCUT2D eigenvalue weighted by atomic mass is 31.2. The minimum Gasteiger partial charge on any atom is -0.505 e. The number of aliphatic hydroxyl groups excluding tert-OH is 1. The average molecular weight is 482 g/mol. The van der Waals surface area contributed by atoms with Crippen LogP contribution < -0.4 is 0 Å². The van der Waals surface area contributed by atoms with E-state index in [4.69, 9.17) is 17.9 Å². The quantitative estimate of drug-likeness (QED) is 0.157. The van der Waals surface area contributed by atoms with Gasteiger partial charge in [-0.1, -0.05) is 41.5 Å². The molecule has 0 bridgehead atoms. The van der Waals surface area contributed by atoms with Crippen molar-refractivity contribution in [1.29, 1.82) is 5.39 Å². The van der Waals surface area contributed by atoms with Gasteiger partial charge in [-0.05, 0) is 36.3 Å². The summed E-state index contributed by atoms with van der Waals surface area (Å²) in [5, 5.41) is 20.0. The summed E-state index contributed by atoms with van der Waals surface area (Å²) >= 11 is 0. The molecule has 0 aromatic heterocycles. The van der Waals surface area contributed by atoms with Crippen LogP contribution in [0.5, 0.6) is 0 Å². The molecule has 0 saturated heterocycles. The average Bonchev–Trinajstić information content (AvgIpc) is 2.57. The third-order valence-corrected chi connectivity index (χ3v) is 17.1. The lowest BCUT2D eigenvalue weighted by Gasteiger charge is -2.41. The smallest absolute Gasteiger partial charge is 0.505 e. The predicted molar refractivity (Wildman–Crippen MR) is 126 cm³/mol. The molecule has 0 fully saturated rings. The first kappa shape index (κ1) is 29.5. The maximum atomic E-state index is 12.6. The van der Waals surface area contributed by atoms with Gasteiger partial charge in [0, 0.05) is 20.6 Å². The molecule has 0 unspecified atom stereocenters. The van der Waals surface area contributed by atoms with E-state index in [1.165, 1.54) is 0 Å². The van der Waals surface area contributed by atoms with Crippen LogP contribution in [0.1, 0.15) is 48.0 Å². The number of aliphatic hydroxyl groups is 1. The number of diazo groups is 1. The molecule has 0 rings (SSSR count). The second-order valence-electron chi connectivity index (χ2n) is 10.5. The SMILES string of the molecule is COP(=O)(OC)/C([N+]#N)=C(/O)C[C@@H](CO[Si](C)(C)C(C)(C)C)O[Si](C)(C)C(C)(C)C. The second-order valence-corrected chi connectivity index (χ2v) is 22.2. The summed E-state index contributed by atoms with van der Waals surface area (Å²) in [6, 6.07) is 0. The molecule has 0 aliphatic heterocycles. The third-order valence-electron chi connectivity index (χ3n) is 6.22. The van der Waals surface area contributed by atoms with Crippen molar-refractivity contribution >= 4 is 24.2 Å². The first-order chi connectivity index (χ1) is 13.3. The van der Waals surface area contributed by atoms with Gasteiger partial charge in [-0.25, -0.2) is 4.57 Å².